The van der Waals surface area contributed by atoms with Gasteiger partial charge in [-0.05, 0) is 38.5 Å². The van der Waals surface area contributed by atoms with Crippen LogP contribution in [0.4, 0.5) is 9.59 Å². The van der Waals surface area contributed by atoms with Crippen LogP contribution in [0.1, 0.15) is 38.5 Å². The highest BCUT2D eigenvalue weighted by Gasteiger charge is 2.33. The molecule has 0 heterocycles. The molecule has 0 aromatic rings. The number of phosphoric ester groups is 7. The zero-order chi connectivity index (χ0) is 62.7. The summed E-state index contributed by atoms with van der Waals surface area (Å²) >= 11 is 0. The van der Waals surface area contributed by atoms with Crippen LogP contribution in [0.5, 0.6) is 0 Å². The molecular formula is C36H78N3O37P7. The van der Waals surface area contributed by atoms with Gasteiger partial charge in [0, 0.05) is 27.3 Å². The zero-order valence-electron chi connectivity index (χ0n) is 45.8. The van der Waals surface area contributed by atoms with Crippen LogP contribution in [0.2, 0.25) is 0 Å². The predicted molar refractivity (Wildman–Crippen MR) is 277 cm³/mol. The lowest BCUT2D eigenvalue weighted by molar-refractivity contribution is -0.123. The molecule has 0 saturated carbocycles. The van der Waals surface area contributed by atoms with Crippen molar-refractivity contribution in [2.24, 2.45) is 0 Å². The molecule has 40 nitrogen and oxygen atoms in total. The Bertz CT molecular complexity index is 2040. The van der Waals surface area contributed by atoms with Gasteiger partial charge in [-0.15, -0.1) is 0 Å². The third-order valence-corrected chi connectivity index (χ3v) is 16.0. The average molecular weight is 1360 g/mol. The summed E-state index contributed by atoms with van der Waals surface area (Å²) in [6.45, 7) is -8.62. The maximum absolute atomic E-state index is 13.0. The van der Waals surface area contributed by atoms with E-state index in [4.69, 9.17) is 64.9 Å². The van der Waals surface area contributed by atoms with Gasteiger partial charge in [-0.2, -0.15) is 0 Å². The number of unbranched alkanes of at least 4 members (excludes halogenated alkanes) is 3. The monoisotopic (exact) mass is 1360 g/mol. The van der Waals surface area contributed by atoms with E-state index in [1.807, 2.05) is 0 Å². The van der Waals surface area contributed by atoms with Crippen molar-refractivity contribution in [1.82, 2.24) is 16.0 Å². The van der Waals surface area contributed by atoms with Crippen LogP contribution in [0.3, 0.4) is 0 Å². The minimum Gasteiger partial charge on any atom is -0.453 e. The van der Waals surface area contributed by atoms with Crippen molar-refractivity contribution in [2.75, 3.05) is 167 Å². The molecule has 0 spiro atoms. The minimum absolute atomic E-state index is 0.103. The molecule has 8 unspecified atom stereocenters. The van der Waals surface area contributed by atoms with Gasteiger partial charge in [0.05, 0.1) is 140 Å². The van der Waals surface area contributed by atoms with E-state index in [-0.39, 0.29) is 78.8 Å². The highest BCUT2D eigenvalue weighted by molar-refractivity contribution is 7.49. The molecule has 494 valence electrons. The Hall–Kier alpha value is -1.38. The van der Waals surface area contributed by atoms with Gasteiger partial charge in [0.1, 0.15) is 12.1 Å². The van der Waals surface area contributed by atoms with Gasteiger partial charge >= 0.3 is 66.9 Å². The number of ether oxygens (including phenoxy) is 6. The molecule has 0 aliphatic carbocycles. The SMILES string of the molecule is COC(=O)NCCCCC(NC(=O)OC)C(=O)NCCCCCOP(=O)(O)OC(COP(=O)(O)OCCOCCOP(=O)(O)OCCOCCOP(=O)(O)OC)COP(=O)(O)OCCOCCOP(=O)(O)OCCOCCOP(=O)(O)OC. The van der Waals surface area contributed by atoms with Gasteiger partial charge in [0.2, 0.25) is 5.91 Å². The fraction of sp³-hybridized carbons (Fsp3) is 0.917. The summed E-state index contributed by atoms with van der Waals surface area (Å²) in [5.41, 5.74) is 0. The van der Waals surface area contributed by atoms with Gasteiger partial charge in [-0.1, -0.05) is 0 Å². The predicted octanol–water partition coefficient (Wildman–Crippen LogP) is 2.15. The molecule has 83 heavy (non-hydrogen) atoms. The second-order valence-electron chi connectivity index (χ2n) is 15.4. The van der Waals surface area contributed by atoms with E-state index < -0.39 is 158 Å². The maximum Gasteiger partial charge on any atom is 0.472 e. The molecule has 8 atom stereocenters. The Morgan fingerprint density at radius 1 is 0.361 bits per heavy atom. The van der Waals surface area contributed by atoms with E-state index in [0.717, 1.165) is 21.3 Å². The third-order valence-electron chi connectivity index (χ3n) is 8.99. The summed E-state index contributed by atoms with van der Waals surface area (Å²) < 4.78 is 180. The Kier molecular flexibility index (Phi) is 45.1. The van der Waals surface area contributed by atoms with Crippen molar-refractivity contribution >= 4 is 72.9 Å². The van der Waals surface area contributed by atoms with Gasteiger partial charge in [-0.25, -0.2) is 41.5 Å². The molecule has 0 bridgehead atoms. The van der Waals surface area contributed by atoms with Crippen molar-refractivity contribution < 1.29 is 172 Å². The van der Waals surface area contributed by atoms with Crippen molar-refractivity contribution in [3.05, 3.63) is 0 Å². The number of carbonyl (C=O) groups is 3. The average Bonchev–Trinajstić information content (AvgIpc) is 3.44. The number of carbonyl (C=O) groups excluding carboxylic acids is 3. The first-order valence-corrected chi connectivity index (χ1v) is 34.8. The zero-order valence-corrected chi connectivity index (χ0v) is 52.0. The largest absolute Gasteiger partial charge is 0.472 e. The third kappa shape index (κ3) is 49.2. The number of nitrogens with one attached hydrogen (secondary N) is 3. The maximum atomic E-state index is 13.0. The molecular weight excluding hydrogens is 1280 g/mol. The van der Waals surface area contributed by atoms with Crippen molar-refractivity contribution in [3.8, 4) is 0 Å². The van der Waals surface area contributed by atoms with Gasteiger partial charge in [0.25, 0.3) is 0 Å². The molecule has 10 N–H and O–H groups in total. The Balaban J connectivity index is 5.18. The fourth-order valence-electron chi connectivity index (χ4n) is 5.16. The first-order valence-electron chi connectivity index (χ1n) is 24.4. The summed E-state index contributed by atoms with van der Waals surface area (Å²) in [5.74, 6) is -0.534. The lowest BCUT2D eigenvalue weighted by Crippen LogP contribution is -2.47. The fourth-order valence-corrected chi connectivity index (χ4v) is 9.74. The van der Waals surface area contributed by atoms with Crippen LogP contribution in [0.15, 0.2) is 0 Å². The highest BCUT2D eigenvalue weighted by Crippen LogP contribution is 2.50. The van der Waals surface area contributed by atoms with E-state index in [2.05, 4.69) is 52.6 Å². The lowest BCUT2D eigenvalue weighted by Gasteiger charge is -2.23. The topological polar surface area (TPSA) is 533 Å². The second-order valence-corrected chi connectivity index (χ2v) is 25.7. The van der Waals surface area contributed by atoms with E-state index in [9.17, 15) is 70.8 Å². The summed E-state index contributed by atoms with van der Waals surface area (Å²) in [5, 5.41) is 7.56. The molecule has 0 aliphatic rings. The van der Waals surface area contributed by atoms with Crippen LogP contribution in [0.25, 0.3) is 0 Å². The first kappa shape index (κ1) is 81.6. The Labute approximate surface area is 477 Å². The quantitative estimate of drug-likeness (QED) is 0.0308. The van der Waals surface area contributed by atoms with Crippen LogP contribution < -0.4 is 16.0 Å². The number of rotatable bonds is 56. The smallest absolute Gasteiger partial charge is 0.453 e. The number of hydrogen-bond acceptors (Lipinski definition) is 30. The van der Waals surface area contributed by atoms with Crippen molar-refractivity contribution in [3.63, 3.8) is 0 Å². The summed E-state index contributed by atoms with van der Waals surface area (Å²) in [7, 11) is -28.6. The van der Waals surface area contributed by atoms with Gasteiger partial charge in [-0.3, -0.25) is 68.1 Å². The Morgan fingerprint density at radius 2 is 0.687 bits per heavy atom. The summed E-state index contributed by atoms with van der Waals surface area (Å²) in [6, 6.07) is -0.974. The molecule has 3 amide bonds. The number of alkyl carbamates (subject to hydrolysis) is 2. The summed E-state index contributed by atoms with van der Waals surface area (Å²) in [4.78, 5) is 105. The number of amides is 3. The molecule has 0 aromatic heterocycles. The van der Waals surface area contributed by atoms with E-state index in [0.29, 0.717) is 25.7 Å². The van der Waals surface area contributed by atoms with Gasteiger partial charge in [0.15, 0.2) is 0 Å². The highest BCUT2D eigenvalue weighted by atomic mass is 31.2. The lowest BCUT2D eigenvalue weighted by atomic mass is 10.1. The molecule has 47 heteroatoms. The molecule has 0 saturated heterocycles. The molecule has 0 fully saturated rings. The molecule has 0 aromatic carbocycles. The molecule has 0 rings (SSSR count). The van der Waals surface area contributed by atoms with Crippen LogP contribution in [0, 0.1) is 0 Å². The molecule has 0 radical (unpaired) electrons. The number of methoxy groups -OCH3 is 2. The van der Waals surface area contributed by atoms with Crippen LogP contribution in [-0.4, -0.2) is 232 Å². The van der Waals surface area contributed by atoms with Crippen molar-refractivity contribution in [1.29, 1.82) is 0 Å². The van der Waals surface area contributed by atoms with E-state index >= 15 is 0 Å². The number of phosphoric acid groups is 7. The van der Waals surface area contributed by atoms with Crippen LogP contribution >= 0.6 is 54.8 Å². The minimum atomic E-state index is -5.13. The first-order chi connectivity index (χ1) is 38.9. The van der Waals surface area contributed by atoms with Crippen molar-refractivity contribution in [2.45, 2.75) is 50.7 Å². The second kappa shape index (κ2) is 45.8. The standard InChI is InChI=1S/C36H78N3O37P7/c1-57-35(41)38-12-8-6-10-33(39-36(42)58-2)34(40)37-11-7-5-9-13-65-83(55,56)76-32(30-74-81(51,52)72-28-20-63-18-26-70-79(47,48)68-24-16-61-14-22-66-77(43,44)59-3)31-75-82(53,54)73-29-21-64-19-27-71-80(49,50)69-25-17-62-15-23-67-78(45,46)60-4/h32-33H,5-31H2,1-4H3,(H,37,40)(H,38,41)(H,39,42)(H,43,44)(H,45,46)(H,47,48)(H,49,50)(H,51,52)(H,53,54)(H,55,56). The van der Waals surface area contributed by atoms with Crippen LogP contribution in [-0.2, 0) is 129 Å². The van der Waals surface area contributed by atoms with Gasteiger partial charge < -0.3 is 78.6 Å². The summed E-state index contributed by atoms with van der Waals surface area (Å²) in [6.07, 6.45) is -1.61. The molecule has 0 aliphatic heterocycles. The van der Waals surface area contributed by atoms with E-state index in [1.165, 1.54) is 7.11 Å². The Morgan fingerprint density at radius 3 is 1.05 bits per heavy atom. The van der Waals surface area contributed by atoms with E-state index in [1.54, 1.807) is 0 Å². The normalized spacial score (nSPS) is 17.7. The number of hydrogen-bond donors (Lipinski definition) is 10.